The van der Waals surface area contributed by atoms with Crippen LogP contribution in [0.5, 0.6) is 0 Å². The monoisotopic (exact) mass is 169 g/mol. The van der Waals surface area contributed by atoms with E-state index in [-0.39, 0.29) is 6.29 Å². The fourth-order valence-corrected chi connectivity index (χ4v) is 1.65. The van der Waals surface area contributed by atoms with E-state index in [4.69, 9.17) is 9.47 Å². The van der Waals surface area contributed by atoms with Crippen LogP contribution in [-0.4, -0.2) is 19.5 Å². The van der Waals surface area contributed by atoms with Crippen LogP contribution in [0.1, 0.15) is 4.88 Å². The molecule has 2 rings (SSSR count). The fourth-order valence-electron chi connectivity index (χ4n) is 0.993. The fraction of sp³-hybridized carbons (Fsp3) is 0.375. The van der Waals surface area contributed by atoms with Crippen molar-refractivity contribution >= 4 is 11.3 Å². The highest BCUT2D eigenvalue weighted by atomic mass is 32.1. The molecule has 2 heterocycles. The van der Waals surface area contributed by atoms with Crippen LogP contribution in [0.2, 0.25) is 0 Å². The van der Waals surface area contributed by atoms with Crippen LogP contribution in [0.15, 0.2) is 17.5 Å². The van der Waals surface area contributed by atoms with E-state index in [1.807, 2.05) is 17.9 Å². The molecule has 1 saturated heterocycles. The van der Waals surface area contributed by atoms with Gasteiger partial charge in [0.1, 0.15) is 0 Å². The molecule has 0 saturated carbocycles. The van der Waals surface area contributed by atoms with Gasteiger partial charge < -0.3 is 9.47 Å². The van der Waals surface area contributed by atoms with Gasteiger partial charge >= 0.3 is 0 Å². The van der Waals surface area contributed by atoms with E-state index < -0.39 is 0 Å². The number of hydrogen-bond donors (Lipinski definition) is 0. The first-order chi connectivity index (χ1) is 5.45. The minimum atomic E-state index is -0.117. The summed E-state index contributed by atoms with van der Waals surface area (Å²) in [6.07, 6.45) is 1.88. The van der Waals surface area contributed by atoms with Crippen LogP contribution in [0.3, 0.4) is 0 Å². The zero-order valence-corrected chi connectivity index (χ0v) is 6.84. The lowest BCUT2D eigenvalue weighted by Gasteiger charge is -2.04. The van der Waals surface area contributed by atoms with Crippen molar-refractivity contribution in [1.29, 1.82) is 0 Å². The van der Waals surface area contributed by atoms with Gasteiger partial charge in [-0.3, -0.25) is 0 Å². The van der Waals surface area contributed by atoms with Crippen LogP contribution in [0, 0.1) is 6.42 Å². The minimum Gasteiger partial charge on any atom is -0.350 e. The average molecular weight is 169 g/mol. The highest BCUT2D eigenvalue weighted by molar-refractivity contribution is 7.10. The molecule has 1 aromatic heterocycles. The molecule has 0 unspecified atom stereocenters. The average Bonchev–Trinajstić information content (AvgIpc) is 2.60. The Morgan fingerprint density at radius 3 is 2.91 bits per heavy atom. The van der Waals surface area contributed by atoms with Gasteiger partial charge in [0.15, 0.2) is 6.29 Å². The van der Waals surface area contributed by atoms with Gasteiger partial charge in [-0.25, -0.2) is 0 Å². The lowest BCUT2D eigenvalue weighted by molar-refractivity contribution is -0.0117. The van der Waals surface area contributed by atoms with Gasteiger partial charge in [-0.2, -0.15) is 0 Å². The maximum absolute atomic E-state index is 5.26. The van der Waals surface area contributed by atoms with Crippen molar-refractivity contribution in [2.45, 2.75) is 6.29 Å². The third kappa shape index (κ3) is 1.80. The van der Waals surface area contributed by atoms with E-state index in [0.717, 1.165) is 0 Å². The number of hydrogen-bond acceptors (Lipinski definition) is 3. The lowest BCUT2D eigenvalue weighted by atomic mass is 10.3. The van der Waals surface area contributed by atoms with Crippen LogP contribution < -0.4 is 0 Å². The predicted molar refractivity (Wildman–Crippen MR) is 43.4 cm³/mol. The van der Waals surface area contributed by atoms with Crippen molar-refractivity contribution in [2.75, 3.05) is 13.2 Å². The Morgan fingerprint density at radius 2 is 2.27 bits per heavy atom. The van der Waals surface area contributed by atoms with Crippen LogP contribution in [0.25, 0.3) is 0 Å². The molecule has 0 bridgehead atoms. The molecule has 1 fully saturated rings. The largest absolute Gasteiger partial charge is 0.350 e. The molecule has 0 aromatic carbocycles. The van der Waals surface area contributed by atoms with Gasteiger partial charge in [0.25, 0.3) is 0 Å². The lowest BCUT2D eigenvalue weighted by Crippen LogP contribution is -2.07. The zero-order valence-electron chi connectivity index (χ0n) is 6.03. The molecular formula is C8H9O2S. The molecule has 0 amide bonds. The zero-order chi connectivity index (χ0) is 7.52. The molecule has 0 atom stereocenters. The summed E-state index contributed by atoms with van der Waals surface area (Å²) in [6, 6.07) is 4.07. The summed E-state index contributed by atoms with van der Waals surface area (Å²) >= 11 is 1.69. The summed E-state index contributed by atoms with van der Waals surface area (Å²) in [7, 11) is 0. The van der Waals surface area contributed by atoms with Gasteiger partial charge in [-0.15, -0.1) is 11.3 Å². The number of thiophene rings is 1. The van der Waals surface area contributed by atoms with Crippen molar-refractivity contribution < 1.29 is 9.47 Å². The molecule has 1 radical (unpaired) electrons. The Balaban J connectivity index is 1.90. The van der Waals surface area contributed by atoms with E-state index in [1.54, 1.807) is 11.3 Å². The summed E-state index contributed by atoms with van der Waals surface area (Å²) in [6.45, 7) is 1.43. The third-order valence-corrected chi connectivity index (χ3v) is 2.33. The second-order valence-corrected chi connectivity index (χ2v) is 3.27. The Bertz CT molecular complexity index is 202. The molecule has 1 aliphatic rings. The Labute approximate surface area is 69.8 Å². The van der Waals surface area contributed by atoms with Crippen molar-refractivity contribution in [3.05, 3.63) is 28.8 Å². The third-order valence-electron chi connectivity index (χ3n) is 1.49. The van der Waals surface area contributed by atoms with Crippen molar-refractivity contribution in [3.8, 4) is 0 Å². The number of rotatable bonds is 2. The summed E-state index contributed by atoms with van der Waals surface area (Å²) in [5, 5.41) is 2.04. The Hall–Kier alpha value is -0.380. The molecule has 0 aliphatic carbocycles. The molecule has 59 valence electrons. The van der Waals surface area contributed by atoms with Crippen LogP contribution in [0.4, 0.5) is 0 Å². The van der Waals surface area contributed by atoms with Crippen molar-refractivity contribution in [3.63, 3.8) is 0 Å². The molecule has 1 aliphatic heterocycles. The van der Waals surface area contributed by atoms with Crippen LogP contribution in [-0.2, 0) is 9.47 Å². The van der Waals surface area contributed by atoms with Crippen LogP contribution >= 0.6 is 11.3 Å². The first-order valence-corrected chi connectivity index (χ1v) is 4.45. The van der Waals surface area contributed by atoms with E-state index >= 15 is 0 Å². The normalized spacial score (nSPS) is 19.3. The predicted octanol–water partition coefficient (Wildman–Crippen LogP) is 1.67. The van der Waals surface area contributed by atoms with Gasteiger partial charge in [-0.05, 0) is 11.4 Å². The highest BCUT2D eigenvalue weighted by Gasteiger charge is 2.16. The topological polar surface area (TPSA) is 18.5 Å². The molecule has 3 heteroatoms. The van der Waals surface area contributed by atoms with Crippen molar-refractivity contribution in [2.24, 2.45) is 0 Å². The SMILES string of the molecule is [CH](c1cccs1)C1OCCO1. The van der Waals surface area contributed by atoms with E-state index in [2.05, 4.69) is 6.07 Å². The molecule has 2 nitrogen and oxygen atoms in total. The molecule has 0 spiro atoms. The first-order valence-electron chi connectivity index (χ1n) is 3.57. The quantitative estimate of drug-likeness (QED) is 0.670. The summed E-state index contributed by atoms with van der Waals surface area (Å²) in [4.78, 5) is 1.21. The van der Waals surface area contributed by atoms with Gasteiger partial charge in [0.05, 0.1) is 19.6 Å². The smallest absolute Gasteiger partial charge is 0.166 e. The van der Waals surface area contributed by atoms with Gasteiger partial charge in [0, 0.05) is 4.88 Å². The summed E-state index contributed by atoms with van der Waals surface area (Å²) in [5.41, 5.74) is 0. The van der Waals surface area contributed by atoms with Crippen molar-refractivity contribution in [1.82, 2.24) is 0 Å². The molecule has 0 N–H and O–H groups in total. The highest BCUT2D eigenvalue weighted by Crippen LogP contribution is 2.17. The molecule has 1 aromatic rings. The Kier molecular flexibility index (Phi) is 2.21. The van der Waals surface area contributed by atoms with Gasteiger partial charge in [0.2, 0.25) is 0 Å². The van der Waals surface area contributed by atoms with E-state index in [1.165, 1.54) is 4.88 Å². The van der Waals surface area contributed by atoms with E-state index in [0.29, 0.717) is 13.2 Å². The maximum atomic E-state index is 5.26. The summed E-state index contributed by atoms with van der Waals surface area (Å²) in [5.74, 6) is 0. The Morgan fingerprint density at radius 1 is 1.45 bits per heavy atom. The maximum Gasteiger partial charge on any atom is 0.166 e. The minimum absolute atomic E-state index is 0.117. The number of ether oxygens (including phenoxy) is 2. The van der Waals surface area contributed by atoms with E-state index in [9.17, 15) is 0 Å². The second kappa shape index (κ2) is 3.34. The molecular weight excluding hydrogens is 160 g/mol. The standard InChI is InChI=1S/C8H9O2S/c1-2-7(11-5-1)6-8-9-3-4-10-8/h1-2,5-6,8H,3-4H2. The summed E-state index contributed by atoms with van der Waals surface area (Å²) < 4.78 is 10.5. The second-order valence-electron chi connectivity index (χ2n) is 2.29. The first kappa shape index (κ1) is 7.28. The van der Waals surface area contributed by atoms with Gasteiger partial charge in [-0.1, -0.05) is 6.07 Å². The molecule has 11 heavy (non-hydrogen) atoms.